The van der Waals surface area contributed by atoms with Gasteiger partial charge in [-0.15, -0.1) is 0 Å². The first-order valence-corrected chi connectivity index (χ1v) is 4.68. The Kier molecular flexibility index (Phi) is 2.89. The lowest BCUT2D eigenvalue weighted by atomic mass is 9.77. The van der Waals surface area contributed by atoms with E-state index < -0.39 is 0 Å². The SMILES string of the molecule is CC1[C@@H](C=O)O[C@H](C)[C@H](C)[C@H]1C. The second-order valence-electron chi connectivity index (χ2n) is 4.02. The Hall–Kier alpha value is -0.370. The maximum Gasteiger partial charge on any atom is 0.149 e. The van der Waals surface area contributed by atoms with Crippen molar-refractivity contribution in [3.8, 4) is 0 Å². The molecule has 1 aliphatic rings. The van der Waals surface area contributed by atoms with E-state index in [1.54, 1.807) is 0 Å². The van der Waals surface area contributed by atoms with Gasteiger partial charge in [-0.25, -0.2) is 0 Å². The summed E-state index contributed by atoms with van der Waals surface area (Å²) in [6.45, 7) is 8.52. The van der Waals surface area contributed by atoms with E-state index in [2.05, 4.69) is 20.8 Å². The van der Waals surface area contributed by atoms with Gasteiger partial charge in [-0.3, -0.25) is 0 Å². The van der Waals surface area contributed by atoms with Crippen molar-refractivity contribution < 1.29 is 9.53 Å². The molecule has 0 N–H and O–H groups in total. The minimum Gasteiger partial charge on any atom is -0.367 e. The first kappa shape index (κ1) is 9.72. The molecule has 0 aromatic rings. The molecule has 1 rings (SSSR count). The number of hydrogen-bond donors (Lipinski definition) is 0. The fourth-order valence-corrected chi connectivity index (χ4v) is 1.86. The van der Waals surface area contributed by atoms with Crippen molar-refractivity contribution in [2.75, 3.05) is 0 Å². The molecule has 0 amide bonds. The van der Waals surface area contributed by atoms with Crippen molar-refractivity contribution in [3.63, 3.8) is 0 Å². The van der Waals surface area contributed by atoms with E-state index in [1.165, 1.54) is 0 Å². The highest BCUT2D eigenvalue weighted by molar-refractivity contribution is 5.56. The molecule has 5 atom stereocenters. The van der Waals surface area contributed by atoms with Gasteiger partial charge in [0.15, 0.2) is 0 Å². The van der Waals surface area contributed by atoms with Crippen LogP contribution < -0.4 is 0 Å². The van der Waals surface area contributed by atoms with E-state index in [4.69, 9.17) is 4.74 Å². The molecular weight excluding hydrogens is 152 g/mol. The first-order chi connectivity index (χ1) is 5.57. The molecule has 0 radical (unpaired) electrons. The van der Waals surface area contributed by atoms with Crippen molar-refractivity contribution in [3.05, 3.63) is 0 Å². The number of carbonyl (C=O) groups is 1. The normalized spacial score (nSPS) is 48.8. The van der Waals surface area contributed by atoms with Crippen LogP contribution in [0.5, 0.6) is 0 Å². The predicted octanol–water partition coefficient (Wildman–Crippen LogP) is 1.88. The quantitative estimate of drug-likeness (QED) is 0.562. The van der Waals surface area contributed by atoms with E-state index in [1.807, 2.05) is 6.92 Å². The molecule has 12 heavy (non-hydrogen) atoms. The Morgan fingerprint density at radius 3 is 2.08 bits per heavy atom. The number of aldehydes is 1. The van der Waals surface area contributed by atoms with Gasteiger partial charge in [0.2, 0.25) is 0 Å². The molecule has 0 aromatic carbocycles. The third-order valence-corrected chi connectivity index (χ3v) is 3.42. The largest absolute Gasteiger partial charge is 0.367 e. The van der Waals surface area contributed by atoms with Crippen LogP contribution >= 0.6 is 0 Å². The zero-order valence-electron chi connectivity index (χ0n) is 8.28. The molecule has 0 saturated carbocycles. The average molecular weight is 170 g/mol. The molecule has 0 aromatic heterocycles. The minimum absolute atomic E-state index is 0.189. The minimum atomic E-state index is -0.189. The molecule has 0 bridgehead atoms. The zero-order valence-corrected chi connectivity index (χ0v) is 8.28. The summed E-state index contributed by atoms with van der Waals surface area (Å²) >= 11 is 0. The molecule has 2 nitrogen and oxygen atoms in total. The van der Waals surface area contributed by atoms with E-state index >= 15 is 0 Å². The van der Waals surface area contributed by atoms with Crippen LogP contribution in [0, 0.1) is 17.8 Å². The number of ether oxygens (including phenoxy) is 1. The summed E-state index contributed by atoms with van der Waals surface area (Å²) in [5.41, 5.74) is 0. The molecule has 1 saturated heterocycles. The Morgan fingerprint density at radius 1 is 1.00 bits per heavy atom. The third kappa shape index (κ3) is 1.53. The van der Waals surface area contributed by atoms with Gasteiger partial charge in [0.05, 0.1) is 6.10 Å². The van der Waals surface area contributed by atoms with Gasteiger partial charge in [-0.1, -0.05) is 20.8 Å². The fraction of sp³-hybridized carbons (Fsp3) is 0.900. The van der Waals surface area contributed by atoms with Crippen molar-refractivity contribution in [1.29, 1.82) is 0 Å². The van der Waals surface area contributed by atoms with Gasteiger partial charge in [-0.2, -0.15) is 0 Å². The van der Waals surface area contributed by atoms with Gasteiger partial charge in [0.25, 0.3) is 0 Å². The topological polar surface area (TPSA) is 26.3 Å². The predicted molar refractivity (Wildman–Crippen MR) is 47.9 cm³/mol. The fourth-order valence-electron chi connectivity index (χ4n) is 1.86. The Morgan fingerprint density at radius 2 is 1.58 bits per heavy atom. The van der Waals surface area contributed by atoms with E-state index in [0.717, 1.165) is 6.29 Å². The van der Waals surface area contributed by atoms with Crippen LogP contribution in [-0.4, -0.2) is 18.5 Å². The summed E-state index contributed by atoms with van der Waals surface area (Å²) in [5, 5.41) is 0. The molecule has 1 unspecified atom stereocenters. The van der Waals surface area contributed by atoms with Crippen LogP contribution in [0.4, 0.5) is 0 Å². The molecule has 2 heteroatoms. The van der Waals surface area contributed by atoms with Crippen LogP contribution in [0.1, 0.15) is 27.7 Å². The zero-order chi connectivity index (χ0) is 9.30. The lowest BCUT2D eigenvalue weighted by Crippen LogP contribution is -2.44. The standard InChI is InChI=1S/C10H18O2/c1-6-7(2)9(4)12-10(5-11)8(6)3/h5-10H,1-4H3/t6-,7-,8?,9-,10-/m1/s1. The summed E-state index contributed by atoms with van der Waals surface area (Å²) < 4.78 is 5.56. The monoisotopic (exact) mass is 170 g/mol. The van der Waals surface area contributed by atoms with Gasteiger partial charge >= 0.3 is 0 Å². The van der Waals surface area contributed by atoms with E-state index in [-0.39, 0.29) is 12.2 Å². The maximum absolute atomic E-state index is 10.6. The summed E-state index contributed by atoms with van der Waals surface area (Å²) in [4.78, 5) is 10.6. The van der Waals surface area contributed by atoms with Crippen molar-refractivity contribution in [1.82, 2.24) is 0 Å². The lowest BCUT2D eigenvalue weighted by molar-refractivity contribution is -0.146. The summed E-state index contributed by atoms with van der Waals surface area (Å²) in [6, 6.07) is 0. The number of hydrogen-bond acceptors (Lipinski definition) is 2. The maximum atomic E-state index is 10.6. The molecule has 1 aliphatic heterocycles. The number of carbonyl (C=O) groups excluding carboxylic acids is 1. The molecule has 70 valence electrons. The summed E-state index contributed by atoms with van der Waals surface area (Å²) in [7, 11) is 0. The van der Waals surface area contributed by atoms with Crippen molar-refractivity contribution in [2.24, 2.45) is 17.8 Å². The van der Waals surface area contributed by atoms with Gasteiger partial charge in [0.1, 0.15) is 12.4 Å². The Bertz CT molecular complexity index is 167. The lowest BCUT2D eigenvalue weighted by Gasteiger charge is -2.40. The highest BCUT2D eigenvalue weighted by atomic mass is 16.5. The van der Waals surface area contributed by atoms with Crippen LogP contribution in [0.15, 0.2) is 0 Å². The van der Waals surface area contributed by atoms with Crippen LogP contribution in [0.25, 0.3) is 0 Å². The van der Waals surface area contributed by atoms with Crippen molar-refractivity contribution in [2.45, 2.75) is 39.9 Å². The second-order valence-corrected chi connectivity index (χ2v) is 4.02. The summed E-state index contributed by atoms with van der Waals surface area (Å²) in [6.07, 6.45) is 0.960. The summed E-state index contributed by atoms with van der Waals surface area (Å²) in [5.74, 6) is 1.48. The average Bonchev–Trinajstić information content (AvgIpc) is 2.08. The van der Waals surface area contributed by atoms with E-state index in [9.17, 15) is 4.79 Å². The molecular formula is C10H18O2. The van der Waals surface area contributed by atoms with Gasteiger partial charge < -0.3 is 9.53 Å². The van der Waals surface area contributed by atoms with Crippen LogP contribution in [0.3, 0.4) is 0 Å². The first-order valence-electron chi connectivity index (χ1n) is 4.68. The molecule has 1 heterocycles. The number of rotatable bonds is 1. The molecule has 1 fully saturated rings. The van der Waals surface area contributed by atoms with Gasteiger partial charge in [-0.05, 0) is 24.7 Å². The Balaban J connectivity index is 2.70. The second kappa shape index (κ2) is 3.56. The highest BCUT2D eigenvalue weighted by Gasteiger charge is 2.36. The molecule has 0 spiro atoms. The van der Waals surface area contributed by atoms with E-state index in [0.29, 0.717) is 17.8 Å². The molecule has 0 aliphatic carbocycles. The Labute approximate surface area is 74.3 Å². The van der Waals surface area contributed by atoms with Gasteiger partial charge in [0, 0.05) is 0 Å². The van der Waals surface area contributed by atoms with Crippen molar-refractivity contribution >= 4 is 6.29 Å². The van der Waals surface area contributed by atoms with Crippen LogP contribution in [0.2, 0.25) is 0 Å². The smallest absolute Gasteiger partial charge is 0.149 e. The highest BCUT2D eigenvalue weighted by Crippen LogP contribution is 2.33. The van der Waals surface area contributed by atoms with Crippen LogP contribution in [-0.2, 0) is 9.53 Å². The third-order valence-electron chi connectivity index (χ3n) is 3.42.